The zero-order valence-corrected chi connectivity index (χ0v) is 6.70. The van der Waals surface area contributed by atoms with Crippen molar-refractivity contribution in [1.29, 1.82) is 0 Å². The van der Waals surface area contributed by atoms with Gasteiger partial charge < -0.3 is 9.84 Å². The third-order valence-electron chi connectivity index (χ3n) is 1.56. The molecule has 0 saturated carbocycles. The third kappa shape index (κ3) is 1.75. The zero-order valence-electron chi connectivity index (χ0n) is 6.70. The second-order valence-electron chi connectivity index (χ2n) is 2.32. The fraction of sp³-hybridized carbons (Fsp3) is 0.222. The van der Waals surface area contributed by atoms with E-state index in [1.807, 2.05) is 0 Å². The number of hydrogen-bond acceptors (Lipinski definition) is 3. The summed E-state index contributed by atoms with van der Waals surface area (Å²) in [4.78, 5) is 10.0. The maximum absolute atomic E-state index is 10.0. The van der Waals surface area contributed by atoms with Crippen LogP contribution in [-0.4, -0.2) is 18.5 Å². The van der Waals surface area contributed by atoms with Crippen LogP contribution in [0, 0.1) is 0 Å². The molecule has 0 saturated heterocycles. The Balaban J connectivity index is 2.94. The Labute approximate surface area is 70.6 Å². The van der Waals surface area contributed by atoms with Gasteiger partial charge in [0.2, 0.25) is 6.29 Å². The van der Waals surface area contributed by atoms with E-state index in [0.29, 0.717) is 11.3 Å². The highest BCUT2D eigenvalue weighted by Gasteiger charge is 2.01. The van der Waals surface area contributed by atoms with Crippen molar-refractivity contribution in [1.82, 2.24) is 0 Å². The summed E-state index contributed by atoms with van der Waals surface area (Å²) >= 11 is 0. The fourth-order valence-corrected chi connectivity index (χ4v) is 0.898. The van der Waals surface area contributed by atoms with Gasteiger partial charge in [0.15, 0.2) is 0 Å². The van der Waals surface area contributed by atoms with Gasteiger partial charge in [0.1, 0.15) is 11.5 Å². The number of carbonyl (C=O) groups excluding carboxylic acids is 1. The average Bonchev–Trinajstić information content (AvgIpc) is 2.09. The lowest BCUT2D eigenvalue weighted by Gasteiger charge is -2.02. The highest BCUT2D eigenvalue weighted by atomic mass is 16.5. The molecule has 0 bridgehead atoms. The molecule has 3 nitrogen and oxygen atoms in total. The first-order valence-corrected chi connectivity index (χ1v) is 3.49. The van der Waals surface area contributed by atoms with Gasteiger partial charge in [-0.05, 0) is 6.07 Å². The van der Waals surface area contributed by atoms with Crippen LogP contribution in [-0.2, 0) is 11.2 Å². The SMILES string of the molecule is COc1ccc(C[C]=O)c(O)c1. The van der Waals surface area contributed by atoms with Crippen LogP contribution < -0.4 is 4.74 Å². The Kier molecular flexibility index (Phi) is 2.69. The summed E-state index contributed by atoms with van der Waals surface area (Å²) in [7, 11) is 1.51. The van der Waals surface area contributed by atoms with E-state index in [4.69, 9.17) is 4.74 Å². The predicted octanol–water partition coefficient (Wildman–Crippen LogP) is 1.05. The minimum atomic E-state index is 0.0673. The molecule has 0 aromatic heterocycles. The maximum atomic E-state index is 10.0. The first-order chi connectivity index (χ1) is 5.77. The molecule has 0 fully saturated rings. The molecule has 1 radical (unpaired) electrons. The number of ether oxygens (including phenoxy) is 1. The average molecular weight is 165 g/mol. The van der Waals surface area contributed by atoms with Crippen molar-refractivity contribution < 1.29 is 14.6 Å². The van der Waals surface area contributed by atoms with Crippen LogP contribution in [0.2, 0.25) is 0 Å². The molecule has 0 atom stereocenters. The Morgan fingerprint density at radius 3 is 2.83 bits per heavy atom. The van der Waals surface area contributed by atoms with Crippen molar-refractivity contribution in [2.24, 2.45) is 0 Å². The first kappa shape index (κ1) is 8.59. The van der Waals surface area contributed by atoms with Gasteiger partial charge in [-0.2, -0.15) is 0 Å². The second-order valence-corrected chi connectivity index (χ2v) is 2.32. The fourth-order valence-electron chi connectivity index (χ4n) is 0.898. The topological polar surface area (TPSA) is 46.5 Å². The Bertz CT molecular complexity index is 281. The van der Waals surface area contributed by atoms with E-state index in [1.165, 1.54) is 13.2 Å². The molecule has 12 heavy (non-hydrogen) atoms. The summed E-state index contributed by atoms with van der Waals surface area (Å²) in [6.07, 6.45) is 1.82. The van der Waals surface area contributed by atoms with Crippen molar-refractivity contribution in [2.75, 3.05) is 7.11 Å². The lowest BCUT2D eigenvalue weighted by molar-refractivity contribution is 0.406. The molecule has 0 aliphatic rings. The van der Waals surface area contributed by atoms with E-state index >= 15 is 0 Å². The monoisotopic (exact) mass is 165 g/mol. The zero-order chi connectivity index (χ0) is 8.97. The summed E-state index contributed by atoms with van der Waals surface area (Å²) in [5.74, 6) is 0.639. The van der Waals surface area contributed by atoms with Gasteiger partial charge in [-0.15, -0.1) is 0 Å². The van der Waals surface area contributed by atoms with E-state index in [9.17, 15) is 9.90 Å². The summed E-state index contributed by atoms with van der Waals surface area (Å²) < 4.78 is 4.87. The summed E-state index contributed by atoms with van der Waals surface area (Å²) in [6, 6.07) is 4.79. The van der Waals surface area contributed by atoms with Gasteiger partial charge in [0.05, 0.1) is 7.11 Å². The molecule has 1 rings (SSSR count). The van der Waals surface area contributed by atoms with Gasteiger partial charge in [-0.3, -0.25) is 4.79 Å². The van der Waals surface area contributed by atoms with E-state index in [2.05, 4.69) is 0 Å². The van der Waals surface area contributed by atoms with Crippen LogP contribution in [0.4, 0.5) is 0 Å². The minimum absolute atomic E-state index is 0.0673. The van der Waals surface area contributed by atoms with Gasteiger partial charge in [-0.1, -0.05) is 6.07 Å². The van der Waals surface area contributed by atoms with Gasteiger partial charge in [0.25, 0.3) is 0 Å². The molecular formula is C9H9O3. The molecular weight excluding hydrogens is 156 g/mol. The molecule has 3 heteroatoms. The minimum Gasteiger partial charge on any atom is -0.508 e. The summed E-state index contributed by atoms with van der Waals surface area (Å²) in [5, 5.41) is 9.29. The van der Waals surface area contributed by atoms with Crippen LogP contribution in [0.5, 0.6) is 11.5 Å². The van der Waals surface area contributed by atoms with E-state index < -0.39 is 0 Å². The second kappa shape index (κ2) is 3.76. The molecule has 1 aromatic rings. The molecule has 1 N–H and O–H groups in total. The Morgan fingerprint density at radius 2 is 2.33 bits per heavy atom. The lowest BCUT2D eigenvalue weighted by atomic mass is 10.1. The highest BCUT2D eigenvalue weighted by Crippen LogP contribution is 2.22. The van der Waals surface area contributed by atoms with Crippen LogP contribution in [0.1, 0.15) is 5.56 Å². The highest BCUT2D eigenvalue weighted by molar-refractivity contribution is 5.58. The molecule has 1 aromatic carbocycles. The molecule has 0 unspecified atom stereocenters. The van der Waals surface area contributed by atoms with Crippen molar-refractivity contribution in [3.05, 3.63) is 23.8 Å². The first-order valence-electron chi connectivity index (χ1n) is 3.49. The van der Waals surface area contributed by atoms with Crippen LogP contribution in [0.25, 0.3) is 0 Å². The maximum Gasteiger partial charge on any atom is 0.203 e. The summed E-state index contributed by atoms with van der Waals surface area (Å²) in [6.45, 7) is 0. The smallest absolute Gasteiger partial charge is 0.203 e. The molecule has 0 aliphatic heterocycles. The van der Waals surface area contributed by atoms with Gasteiger partial charge in [-0.25, -0.2) is 0 Å². The number of hydrogen-bond donors (Lipinski definition) is 1. The van der Waals surface area contributed by atoms with E-state index in [0.717, 1.165) is 0 Å². The van der Waals surface area contributed by atoms with Crippen LogP contribution in [0.3, 0.4) is 0 Å². The largest absolute Gasteiger partial charge is 0.508 e. The number of benzene rings is 1. The number of methoxy groups -OCH3 is 1. The molecule has 0 spiro atoms. The quantitative estimate of drug-likeness (QED) is 0.728. The van der Waals surface area contributed by atoms with Crippen molar-refractivity contribution in [2.45, 2.75) is 6.42 Å². The van der Waals surface area contributed by atoms with Crippen molar-refractivity contribution >= 4 is 6.29 Å². The normalized spacial score (nSPS) is 9.42. The number of rotatable bonds is 3. The van der Waals surface area contributed by atoms with E-state index in [1.54, 1.807) is 18.4 Å². The van der Waals surface area contributed by atoms with Crippen molar-refractivity contribution in [3.8, 4) is 11.5 Å². The van der Waals surface area contributed by atoms with Crippen molar-refractivity contribution in [3.63, 3.8) is 0 Å². The van der Waals surface area contributed by atoms with Gasteiger partial charge in [0, 0.05) is 18.1 Å². The lowest BCUT2D eigenvalue weighted by Crippen LogP contribution is -1.88. The van der Waals surface area contributed by atoms with E-state index in [-0.39, 0.29) is 12.2 Å². The standard InChI is InChI=1S/C9H9O3/c1-12-8-3-2-7(4-5-10)9(11)6-8/h2-3,6,11H,4H2,1H3. The molecule has 0 aliphatic carbocycles. The molecule has 63 valence electrons. The number of phenols is 1. The number of aromatic hydroxyl groups is 1. The third-order valence-corrected chi connectivity index (χ3v) is 1.56. The molecule has 0 heterocycles. The molecule has 0 amide bonds. The number of phenolic OH excluding ortho intramolecular Hbond substituents is 1. The van der Waals surface area contributed by atoms with Crippen LogP contribution in [0.15, 0.2) is 18.2 Å². The Morgan fingerprint density at radius 1 is 1.58 bits per heavy atom. The van der Waals surface area contributed by atoms with Gasteiger partial charge >= 0.3 is 0 Å². The Hall–Kier alpha value is -1.51. The van der Waals surface area contributed by atoms with Crippen LogP contribution >= 0.6 is 0 Å². The summed E-state index contributed by atoms with van der Waals surface area (Å²) in [5.41, 5.74) is 0.561. The predicted molar refractivity (Wildman–Crippen MR) is 44.1 cm³/mol.